The summed E-state index contributed by atoms with van der Waals surface area (Å²) in [7, 11) is 0. The fourth-order valence-corrected chi connectivity index (χ4v) is 3.06. The molecule has 0 bridgehead atoms. The number of amides is 1. The predicted octanol–water partition coefficient (Wildman–Crippen LogP) is 1.28. The molecule has 1 aromatic heterocycles. The van der Waals surface area contributed by atoms with Crippen molar-refractivity contribution in [2.24, 2.45) is 0 Å². The molecule has 1 aromatic carbocycles. The van der Waals surface area contributed by atoms with Crippen molar-refractivity contribution < 1.29 is 4.79 Å². The number of hydrogen-bond acceptors (Lipinski definition) is 5. The Hall–Kier alpha value is -1.99. The lowest BCUT2D eigenvalue weighted by atomic mass is 10.1. The summed E-state index contributed by atoms with van der Waals surface area (Å²) in [6, 6.07) is 7.65. The fourth-order valence-electron chi connectivity index (χ4n) is 2.83. The van der Waals surface area contributed by atoms with Crippen LogP contribution >= 0.6 is 11.6 Å². The highest BCUT2D eigenvalue weighted by molar-refractivity contribution is 6.31. The highest BCUT2D eigenvalue weighted by Crippen LogP contribution is 2.14. The second kappa shape index (κ2) is 8.21. The minimum atomic E-state index is -0.1000. The Morgan fingerprint density at radius 2 is 2.04 bits per heavy atom. The molecule has 1 aliphatic heterocycles. The summed E-state index contributed by atoms with van der Waals surface area (Å²) in [6.45, 7) is 3.50. The van der Waals surface area contributed by atoms with E-state index in [1.807, 2.05) is 24.3 Å². The molecule has 1 N–H and O–H groups in total. The summed E-state index contributed by atoms with van der Waals surface area (Å²) in [6.07, 6.45) is 3.12. The maximum Gasteiger partial charge on any atom is 0.241 e. The summed E-state index contributed by atoms with van der Waals surface area (Å²) in [5.74, 6) is 0.634. The van der Waals surface area contributed by atoms with Gasteiger partial charge in [-0.05, 0) is 54.4 Å². The number of nitrogens with zero attached hydrogens (tertiary/aromatic N) is 5. The fraction of sp³-hybridized carbons (Fsp3) is 0.500. The van der Waals surface area contributed by atoms with Crippen molar-refractivity contribution in [3.63, 3.8) is 0 Å². The van der Waals surface area contributed by atoms with E-state index in [1.54, 1.807) is 4.68 Å². The maximum absolute atomic E-state index is 12.1. The molecular formula is C16H21ClN6O. The maximum atomic E-state index is 12.1. The lowest BCUT2D eigenvalue weighted by Crippen LogP contribution is -2.31. The van der Waals surface area contributed by atoms with Crippen LogP contribution in [-0.2, 0) is 24.3 Å². The number of likely N-dealkylation sites (tertiary alicyclic amines) is 1. The summed E-state index contributed by atoms with van der Waals surface area (Å²) < 4.78 is 1.57. The first-order valence-electron chi connectivity index (χ1n) is 8.20. The number of benzene rings is 1. The smallest absolute Gasteiger partial charge is 0.241 e. The first kappa shape index (κ1) is 16.9. The molecule has 0 spiro atoms. The number of rotatable bonds is 7. The second-order valence-corrected chi connectivity index (χ2v) is 6.33. The third-order valence-corrected chi connectivity index (χ3v) is 4.51. The lowest BCUT2D eigenvalue weighted by Gasteiger charge is -2.13. The first-order valence-corrected chi connectivity index (χ1v) is 8.57. The van der Waals surface area contributed by atoms with E-state index in [9.17, 15) is 4.79 Å². The van der Waals surface area contributed by atoms with Gasteiger partial charge in [-0.25, -0.2) is 4.68 Å². The van der Waals surface area contributed by atoms with Crippen LogP contribution in [0.25, 0.3) is 0 Å². The van der Waals surface area contributed by atoms with E-state index in [0.717, 1.165) is 29.5 Å². The summed E-state index contributed by atoms with van der Waals surface area (Å²) in [4.78, 5) is 14.4. The third kappa shape index (κ3) is 4.52. The van der Waals surface area contributed by atoms with E-state index in [4.69, 9.17) is 11.6 Å². The van der Waals surface area contributed by atoms with Crippen LogP contribution < -0.4 is 5.32 Å². The average Bonchev–Trinajstić information content (AvgIpc) is 3.22. The normalized spacial score (nSPS) is 14.9. The standard InChI is InChI=1S/C16H21ClN6O/c17-14-6-2-1-5-13(14)7-8-18-16(24)12-23-15(19-20-21-23)11-22-9-3-4-10-22/h1-2,5-6H,3-4,7-12H2,(H,18,24). The number of carbonyl (C=O) groups excluding carboxylic acids is 1. The zero-order valence-electron chi connectivity index (χ0n) is 13.5. The summed E-state index contributed by atoms with van der Waals surface area (Å²) in [5.41, 5.74) is 1.02. The molecule has 0 radical (unpaired) electrons. The van der Waals surface area contributed by atoms with Gasteiger partial charge >= 0.3 is 0 Å². The van der Waals surface area contributed by atoms with E-state index >= 15 is 0 Å². The van der Waals surface area contributed by atoms with Gasteiger partial charge in [0.25, 0.3) is 0 Å². The SMILES string of the molecule is O=C(Cn1nnnc1CN1CCCC1)NCCc1ccccc1Cl. The Balaban J connectivity index is 1.47. The minimum absolute atomic E-state index is 0.1000. The largest absolute Gasteiger partial charge is 0.354 e. The van der Waals surface area contributed by atoms with E-state index in [-0.39, 0.29) is 12.5 Å². The predicted molar refractivity (Wildman–Crippen MR) is 90.5 cm³/mol. The van der Waals surface area contributed by atoms with E-state index in [0.29, 0.717) is 19.5 Å². The molecule has 0 atom stereocenters. The zero-order valence-corrected chi connectivity index (χ0v) is 14.2. The number of hydrogen-bond donors (Lipinski definition) is 1. The molecule has 7 nitrogen and oxygen atoms in total. The molecule has 1 saturated heterocycles. The van der Waals surface area contributed by atoms with Crippen LogP contribution in [0.5, 0.6) is 0 Å². The molecule has 128 valence electrons. The van der Waals surface area contributed by atoms with Crippen molar-refractivity contribution in [1.82, 2.24) is 30.4 Å². The molecule has 1 aliphatic rings. The van der Waals surface area contributed by atoms with Crippen molar-refractivity contribution in [3.8, 4) is 0 Å². The Labute approximate surface area is 146 Å². The molecule has 1 amide bonds. The van der Waals surface area contributed by atoms with Gasteiger partial charge in [0, 0.05) is 11.6 Å². The van der Waals surface area contributed by atoms with Gasteiger partial charge in [-0.15, -0.1) is 5.10 Å². The molecule has 8 heteroatoms. The van der Waals surface area contributed by atoms with Crippen LogP contribution in [0.4, 0.5) is 0 Å². The number of aromatic nitrogens is 4. The van der Waals surface area contributed by atoms with Crippen LogP contribution in [-0.4, -0.2) is 50.6 Å². The number of carbonyl (C=O) groups is 1. The van der Waals surface area contributed by atoms with Gasteiger partial charge < -0.3 is 5.32 Å². The molecule has 2 heterocycles. The first-order chi connectivity index (χ1) is 11.7. The van der Waals surface area contributed by atoms with Gasteiger partial charge in [-0.1, -0.05) is 29.8 Å². The average molecular weight is 349 g/mol. The number of tetrazole rings is 1. The van der Waals surface area contributed by atoms with Crippen LogP contribution in [0.15, 0.2) is 24.3 Å². The van der Waals surface area contributed by atoms with Gasteiger partial charge in [0.15, 0.2) is 5.82 Å². The lowest BCUT2D eigenvalue weighted by molar-refractivity contribution is -0.121. The topological polar surface area (TPSA) is 75.9 Å². The molecule has 1 fully saturated rings. The van der Waals surface area contributed by atoms with Crippen LogP contribution in [0.1, 0.15) is 24.2 Å². The van der Waals surface area contributed by atoms with E-state index in [1.165, 1.54) is 12.8 Å². The summed E-state index contributed by atoms with van der Waals surface area (Å²) in [5, 5.41) is 15.3. The second-order valence-electron chi connectivity index (χ2n) is 5.93. The monoisotopic (exact) mass is 348 g/mol. The van der Waals surface area contributed by atoms with Gasteiger partial charge in [0.1, 0.15) is 6.54 Å². The van der Waals surface area contributed by atoms with Crippen LogP contribution in [0.2, 0.25) is 5.02 Å². The third-order valence-electron chi connectivity index (χ3n) is 4.14. The molecule has 24 heavy (non-hydrogen) atoms. The molecule has 3 rings (SSSR count). The molecule has 2 aromatic rings. The molecule has 0 aliphatic carbocycles. The van der Waals surface area contributed by atoms with Crippen molar-refractivity contribution in [2.45, 2.75) is 32.4 Å². The Kier molecular flexibility index (Phi) is 5.77. The molecule has 0 saturated carbocycles. The molecular weight excluding hydrogens is 328 g/mol. The van der Waals surface area contributed by atoms with Gasteiger partial charge in [0.2, 0.25) is 5.91 Å². The van der Waals surface area contributed by atoms with Crippen molar-refractivity contribution in [3.05, 3.63) is 40.7 Å². The van der Waals surface area contributed by atoms with Crippen LogP contribution in [0.3, 0.4) is 0 Å². The van der Waals surface area contributed by atoms with Crippen molar-refractivity contribution >= 4 is 17.5 Å². The van der Waals surface area contributed by atoms with Crippen molar-refractivity contribution in [1.29, 1.82) is 0 Å². The van der Waals surface area contributed by atoms with Gasteiger partial charge in [0.05, 0.1) is 6.54 Å². The Morgan fingerprint density at radius 3 is 2.83 bits per heavy atom. The number of nitrogens with one attached hydrogen (secondary N) is 1. The van der Waals surface area contributed by atoms with Gasteiger partial charge in [-0.3, -0.25) is 9.69 Å². The molecule has 0 unspecified atom stereocenters. The highest BCUT2D eigenvalue weighted by Gasteiger charge is 2.17. The highest BCUT2D eigenvalue weighted by atomic mass is 35.5. The van der Waals surface area contributed by atoms with Crippen LogP contribution in [0, 0.1) is 0 Å². The van der Waals surface area contributed by atoms with Crippen molar-refractivity contribution in [2.75, 3.05) is 19.6 Å². The van der Waals surface area contributed by atoms with E-state index < -0.39 is 0 Å². The quantitative estimate of drug-likeness (QED) is 0.815. The Morgan fingerprint density at radius 1 is 1.25 bits per heavy atom. The van der Waals surface area contributed by atoms with E-state index in [2.05, 4.69) is 25.7 Å². The zero-order chi connectivity index (χ0) is 16.8. The minimum Gasteiger partial charge on any atom is -0.354 e. The number of halogens is 1. The summed E-state index contributed by atoms with van der Waals surface area (Å²) >= 11 is 6.11. The van der Waals surface area contributed by atoms with Gasteiger partial charge in [-0.2, -0.15) is 0 Å². The Bertz CT molecular complexity index is 683.